The van der Waals surface area contributed by atoms with E-state index < -0.39 is 11.7 Å². The van der Waals surface area contributed by atoms with Gasteiger partial charge < -0.3 is 19.4 Å². The first-order chi connectivity index (χ1) is 13.0. The van der Waals surface area contributed by atoms with Crippen molar-refractivity contribution >= 4 is 34.3 Å². The van der Waals surface area contributed by atoms with E-state index in [0.29, 0.717) is 28.2 Å². The molecule has 3 aromatic rings. The van der Waals surface area contributed by atoms with Gasteiger partial charge in [0.1, 0.15) is 5.75 Å². The fraction of sp³-hybridized carbons (Fsp3) is 0.211. The topological polar surface area (TPSA) is 105 Å². The number of carbonyl (C=O) groups is 2. The van der Waals surface area contributed by atoms with Gasteiger partial charge in [-0.1, -0.05) is 12.1 Å². The monoisotopic (exact) mass is 367 g/mol. The standard InChI is InChI=1S/C19H17N3O5/c1-26-16-5-3-2-4-14(16)22-10-11(8-17(22)23)18(24)20-12-6-7-15-13(9-12)21-19(25)27-15/h2-7,9,11H,8,10H2,1H3,(H,20,24)(H,21,25). The molecular weight excluding hydrogens is 350 g/mol. The van der Waals surface area contributed by atoms with E-state index in [1.165, 1.54) is 0 Å². The zero-order valence-corrected chi connectivity index (χ0v) is 14.5. The van der Waals surface area contributed by atoms with Gasteiger partial charge in [0.2, 0.25) is 11.8 Å². The molecule has 2 N–H and O–H groups in total. The Labute approximate surface area is 153 Å². The summed E-state index contributed by atoms with van der Waals surface area (Å²) < 4.78 is 10.2. The van der Waals surface area contributed by atoms with Crippen molar-refractivity contribution in [3.8, 4) is 5.75 Å². The molecule has 1 fully saturated rings. The minimum Gasteiger partial charge on any atom is -0.495 e. The number of aromatic amines is 1. The Balaban J connectivity index is 1.50. The average Bonchev–Trinajstić information content (AvgIpc) is 3.23. The zero-order valence-electron chi connectivity index (χ0n) is 14.5. The van der Waals surface area contributed by atoms with Gasteiger partial charge in [-0.3, -0.25) is 14.6 Å². The Kier molecular flexibility index (Phi) is 4.15. The van der Waals surface area contributed by atoms with Crippen LogP contribution in [0.1, 0.15) is 6.42 Å². The minimum atomic E-state index is -0.553. The average molecular weight is 367 g/mol. The van der Waals surface area contributed by atoms with Crippen molar-refractivity contribution in [1.29, 1.82) is 0 Å². The van der Waals surface area contributed by atoms with E-state index in [1.54, 1.807) is 42.3 Å². The van der Waals surface area contributed by atoms with Gasteiger partial charge in [0.05, 0.1) is 24.2 Å². The molecule has 1 aromatic heterocycles. The quantitative estimate of drug-likeness (QED) is 0.735. The lowest BCUT2D eigenvalue weighted by atomic mass is 10.1. The van der Waals surface area contributed by atoms with Crippen molar-refractivity contribution in [3.05, 3.63) is 53.0 Å². The van der Waals surface area contributed by atoms with Gasteiger partial charge in [-0.05, 0) is 30.3 Å². The number of ether oxygens (including phenoxy) is 1. The van der Waals surface area contributed by atoms with E-state index in [4.69, 9.17) is 9.15 Å². The molecule has 1 aliphatic rings. The van der Waals surface area contributed by atoms with Crippen molar-refractivity contribution in [2.45, 2.75) is 6.42 Å². The Bertz CT molecular complexity index is 1080. The van der Waals surface area contributed by atoms with Crippen LogP contribution in [0.2, 0.25) is 0 Å². The van der Waals surface area contributed by atoms with Crippen molar-refractivity contribution in [2.75, 3.05) is 23.9 Å². The van der Waals surface area contributed by atoms with Crippen molar-refractivity contribution in [3.63, 3.8) is 0 Å². The summed E-state index contributed by atoms with van der Waals surface area (Å²) in [6, 6.07) is 12.1. The van der Waals surface area contributed by atoms with Crippen LogP contribution in [0.15, 0.2) is 51.7 Å². The molecule has 27 heavy (non-hydrogen) atoms. The number of fused-ring (bicyclic) bond motifs is 1. The number of amides is 2. The van der Waals surface area contributed by atoms with Crippen LogP contribution in [-0.4, -0.2) is 30.5 Å². The number of oxazole rings is 1. The Morgan fingerprint density at radius 1 is 1.26 bits per heavy atom. The molecule has 1 saturated heterocycles. The molecule has 0 aliphatic carbocycles. The van der Waals surface area contributed by atoms with E-state index in [0.717, 1.165) is 0 Å². The van der Waals surface area contributed by atoms with E-state index in [-0.39, 0.29) is 24.8 Å². The predicted molar refractivity (Wildman–Crippen MR) is 98.9 cm³/mol. The van der Waals surface area contributed by atoms with Gasteiger partial charge in [0, 0.05) is 18.7 Å². The lowest BCUT2D eigenvalue weighted by molar-refractivity contribution is -0.122. The summed E-state index contributed by atoms with van der Waals surface area (Å²) in [5.74, 6) is -0.842. The molecule has 1 atom stereocenters. The second-order valence-corrected chi connectivity index (χ2v) is 6.29. The molecule has 2 heterocycles. The van der Waals surface area contributed by atoms with Crippen molar-refractivity contribution < 1.29 is 18.7 Å². The fourth-order valence-electron chi connectivity index (χ4n) is 3.24. The molecule has 8 heteroatoms. The predicted octanol–water partition coefficient (Wildman–Crippen LogP) is 2.12. The summed E-state index contributed by atoms with van der Waals surface area (Å²) in [6.07, 6.45) is 0.120. The maximum atomic E-state index is 12.6. The molecule has 8 nitrogen and oxygen atoms in total. The van der Waals surface area contributed by atoms with E-state index in [9.17, 15) is 14.4 Å². The number of methoxy groups -OCH3 is 1. The third-order valence-electron chi connectivity index (χ3n) is 4.56. The fourth-order valence-corrected chi connectivity index (χ4v) is 3.24. The molecule has 0 spiro atoms. The first-order valence-electron chi connectivity index (χ1n) is 8.42. The number of rotatable bonds is 4. The summed E-state index contributed by atoms with van der Waals surface area (Å²) in [7, 11) is 1.54. The molecule has 1 unspecified atom stereocenters. The molecule has 138 valence electrons. The second kappa shape index (κ2) is 6.64. The van der Waals surface area contributed by atoms with Crippen LogP contribution >= 0.6 is 0 Å². The van der Waals surface area contributed by atoms with Gasteiger partial charge in [0.25, 0.3) is 0 Å². The molecule has 2 aromatic carbocycles. The Morgan fingerprint density at radius 3 is 2.89 bits per heavy atom. The van der Waals surface area contributed by atoms with Crippen LogP contribution in [0.5, 0.6) is 5.75 Å². The van der Waals surface area contributed by atoms with Crippen LogP contribution in [0.25, 0.3) is 11.1 Å². The van der Waals surface area contributed by atoms with Gasteiger partial charge in [-0.25, -0.2) is 4.79 Å². The van der Waals surface area contributed by atoms with Crippen LogP contribution < -0.4 is 20.7 Å². The third kappa shape index (κ3) is 3.17. The Morgan fingerprint density at radius 2 is 2.07 bits per heavy atom. The number of hydrogen-bond donors (Lipinski definition) is 2. The molecular formula is C19H17N3O5. The minimum absolute atomic E-state index is 0.120. The number of aromatic nitrogens is 1. The number of H-pyrrole nitrogens is 1. The van der Waals surface area contributed by atoms with Crippen LogP contribution in [-0.2, 0) is 9.59 Å². The van der Waals surface area contributed by atoms with Crippen LogP contribution in [0.4, 0.5) is 11.4 Å². The van der Waals surface area contributed by atoms with E-state index in [2.05, 4.69) is 10.3 Å². The third-order valence-corrected chi connectivity index (χ3v) is 4.56. The van der Waals surface area contributed by atoms with Crippen LogP contribution in [0.3, 0.4) is 0 Å². The first kappa shape index (κ1) is 16.9. The van der Waals surface area contributed by atoms with Gasteiger partial charge in [0.15, 0.2) is 5.58 Å². The molecule has 1 aliphatic heterocycles. The molecule has 0 radical (unpaired) electrons. The lowest BCUT2D eigenvalue weighted by Crippen LogP contribution is -2.28. The highest BCUT2D eigenvalue weighted by atomic mass is 16.5. The maximum absolute atomic E-state index is 12.6. The number of nitrogens with zero attached hydrogens (tertiary/aromatic N) is 1. The SMILES string of the molecule is COc1ccccc1N1CC(C(=O)Nc2ccc3oc(=O)[nH]c3c2)CC1=O. The second-order valence-electron chi connectivity index (χ2n) is 6.29. The maximum Gasteiger partial charge on any atom is 0.417 e. The van der Waals surface area contributed by atoms with Gasteiger partial charge in [-0.2, -0.15) is 0 Å². The Hall–Kier alpha value is -3.55. The largest absolute Gasteiger partial charge is 0.495 e. The van der Waals surface area contributed by atoms with Gasteiger partial charge >= 0.3 is 5.76 Å². The molecule has 4 rings (SSSR count). The van der Waals surface area contributed by atoms with Crippen LogP contribution in [0, 0.1) is 5.92 Å². The highest BCUT2D eigenvalue weighted by molar-refractivity contribution is 6.04. The number of anilines is 2. The zero-order chi connectivity index (χ0) is 19.0. The summed E-state index contributed by atoms with van der Waals surface area (Å²) in [5, 5.41) is 2.79. The summed E-state index contributed by atoms with van der Waals surface area (Å²) >= 11 is 0. The smallest absolute Gasteiger partial charge is 0.417 e. The number of benzene rings is 2. The number of nitrogens with one attached hydrogen (secondary N) is 2. The summed E-state index contributed by atoms with van der Waals surface area (Å²) in [4.78, 5) is 40.4. The highest BCUT2D eigenvalue weighted by Gasteiger charge is 2.36. The highest BCUT2D eigenvalue weighted by Crippen LogP contribution is 2.33. The number of para-hydroxylation sites is 2. The summed E-state index contributed by atoms with van der Waals surface area (Å²) in [6.45, 7) is 0.274. The molecule has 0 saturated carbocycles. The van der Waals surface area contributed by atoms with Gasteiger partial charge in [-0.15, -0.1) is 0 Å². The lowest BCUT2D eigenvalue weighted by Gasteiger charge is -2.19. The van der Waals surface area contributed by atoms with E-state index in [1.807, 2.05) is 12.1 Å². The van der Waals surface area contributed by atoms with E-state index >= 15 is 0 Å². The van der Waals surface area contributed by atoms with Crippen molar-refractivity contribution in [1.82, 2.24) is 4.98 Å². The number of carbonyl (C=O) groups excluding carboxylic acids is 2. The molecule has 2 amide bonds. The van der Waals surface area contributed by atoms with Crippen molar-refractivity contribution in [2.24, 2.45) is 5.92 Å². The normalized spacial score (nSPS) is 16.7. The summed E-state index contributed by atoms with van der Waals surface area (Å²) in [5.41, 5.74) is 2.08. The number of hydrogen-bond acceptors (Lipinski definition) is 5. The first-order valence-corrected chi connectivity index (χ1v) is 8.42. The molecule has 0 bridgehead atoms.